The summed E-state index contributed by atoms with van der Waals surface area (Å²) < 4.78 is 0. The molecular formula is C14H21NO2S. The fourth-order valence-electron chi connectivity index (χ4n) is 2.52. The molecule has 1 amide bonds. The van der Waals surface area contributed by atoms with E-state index in [4.69, 9.17) is 0 Å². The number of aliphatic hydroxyl groups is 1. The Morgan fingerprint density at radius 3 is 2.94 bits per heavy atom. The summed E-state index contributed by atoms with van der Waals surface area (Å²) in [7, 11) is 0. The smallest absolute Gasteiger partial charge is 0.220 e. The molecule has 0 aromatic carbocycles. The van der Waals surface area contributed by atoms with Gasteiger partial charge in [0.05, 0.1) is 6.10 Å². The van der Waals surface area contributed by atoms with Crippen molar-refractivity contribution in [2.45, 2.75) is 44.6 Å². The van der Waals surface area contributed by atoms with E-state index in [0.29, 0.717) is 13.0 Å². The van der Waals surface area contributed by atoms with Gasteiger partial charge < -0.3 is 10.4 Å². The molecule has 1 aromatic heterocycles. The molecule has 1 heterocycles. The molecule has 1 aliphatic carbocycles. The van der Waals surface area contributed by atoms with Crippen molar-refractivity contribution >= 4 is 17.2 Å². The number of rotatable bonds is 6. The number of carbonyl (C=O) groups is 1. The summed E-state index contributed by atoms with van der Waals surface area (Å²) in [5, 5.41) is 16.5. The lowest BCUT2D eigenvalue weighted by molar-refractivity contribution is -0.121. The third kappa shape index (κ3) is 4.10. The van der Waals surface area contributed by atoms with Gasteiger partial charge in [-0.2, -0.15) is 11.3 Å². The summed E-state index contributed by atoms with van der Waals surface area (Å²) in [6, 6.07) is 1.89. The molecule has 0 bridgehead atoms. The van der Waals surface area contributed by atoms with Crippen LogP contribution in [-0.4, -0.2) is 17.6 Å². The van der Waals surface area contributed by atoms with Crippen LogP contribution in [0, 0.1) is 5.92 Å². The molecule has 0 aliphatic heterocycles. The maximum absolute atomic E-state index is 11.7. The Hall–Kier alpha value is -0.870. The summed E-state index contributed by atoms with van der Waals surface area (Å²) in [6.07, 6.45) is 6.23. The zero-order valence-corrected chi connectivity index (χ0v) is 11.4. The van der Waals surface area contributed by atoms with E-state index in [1.54, 1.807) is 11.3 Å². The van der Waals surface area contributed by atoms with Gasteiger partial charge in [-0.25, -0.2) is 0 Å². The van der Waals surface area contributed by atoms with Crippen molar-refractivity contribution in [2.24, 2.45) is 5.92 Å². The van der Waals surface area contributed by atoms with Crippen molar-refractivity contribution in [2.75, 3.05) is 6.54 Å². The molecule has 3 nitrogen and oxygen atoms in total. The zero-order valence-electron chi connectivity index (χ0n) is 10.6. The normalized spacial score (nSPS) is 17.8. The first kappa shape index (κ1) is 13.6. The van der Waals surface area contributed by atoms with Crippen LogP contribution in [0.3, 0.4) is 0 Å². The third-order valence-electron chi connectivity index (χ3n) is 3.67. The Bertz CT molecular complexity index is 358. The molecule has 0 radical (unpaired) electrons. The topological polar surface area (TPSA) is 49.3 Å². The zero-order chi connectivity index (χ0) is 12.8. The highest BCUT2D eigenvalue weighted by atomic mass is 32.1. The lowest BCUT2D eigenvalue weighted by Gasteiger charge is -2.12. The first-order chi connectivity index (χ1) is 8.75. The minimum absolute atomic E-state index is 0.0659. The summed E-state index contributed by atoms with van der Waals surface area (Å²) in [6.45, 7) is 0.320. The summed E-state index contributed by atoms with van der Waals surface area (Å²) >= 11 is 1.56. The molecule has 1 atom stereocenters. The Kier molecular flexibility index (Phi) is 5.20. The highest BCUT2D eigenvalue weighted by molar-refractivity contribution is 7.07. The minimum atomic E-state index is -0.577. The van der Waals surface area contributed by atoms with Crippen molar-refractivity contribution in [3.05, 3.63) is 22.4 Å². The standard InChI is InChI=1S/C14H21NO2S/c16-13(12-7-8-18-10-12)9-15-14(17)6-5-11-3-1-2-4-11/h7-8,10-11,13,16H,1-6,9H2,(H,15,17). The molecule has 100 valence electrons. The van der Waals surface area contributed by atoms with Gasteiger partial charge in [0.15, 0.2) is 0 Å². The van der Waals surface area contributed by atoms with E-state index in [2.05, 4.69) is 5.32 Å². The van der Waals surface area contributed by atoms with E-state index < -0.39 is 6.10 Å². The SMILES string of the molecule is O=C(CCC1CCCC1)NCC(O)c1ccsc1. The lowest BCUT2D eigenvalue weighted by Crippen LogP contribution is -2.28. The Labute approximate surface area is 112 Å². The van der Waals surface area contributed by atoms with Crippen molar-refractivity contribution in [1.82, 2.24) is 5.32 Å². The van der Waals surface area contributed by atoms with Crippen LogP contribution in [0.25, 0.3) is 0 Å². The van der Waals surface area contributed by atoms with Gasteiger partial charge >= 0.3 is 0 Å². The van der Waals surface area contributed by atoms with Crippen LogP contribution in [0.5, 0.6) is 0 Å². The van der Waals surface area contributed by atoms with Gasteiger partial charge in [-0.1, -0.05) is 25.7 Å². The van der Waals surface area contributed by atoms with Crippen LogP contribution in [-0.2, 0) is 4.79 Å². The van der Waals surface area contributed by atoms with Crippen LogP contribution in [0.1, 0.15) is 50.2 Å². The molecule has 0 saturated heterocycles. The molecule has 2 rings (SSSR count). The Morgan fingerprint density at radius 1 is 1.50 bits per heavy atom. The third-order valence-corrected chi connectivity index (χ3v) is 4.38. The van der Waals surface area contributed by atoms with Crippen LogP contribution >= 0.6 is 11.3 Å². The van der Waals surface area contributed by atoms with Gasteiger partial charge in [0.1, 0.15) is 0 Å². The molecule has 2 N–H and O–H groups in total. The quantitative estimate of drug-likeness (QED) is 0.832. The van der Waals surface area contributed by atoms with E-state index in [9.17, 15) is 9.90 Å². The molecule has 1 saturated carbocycles. The fourth-order valence-corrected chi connectivity index (χ4v) is 3.22. The largest absolute Gasteiger partial charge is 0.387 e. The number of hydrogen-bond acceptors (Lipinski definition) is 3. The monoisotopic (exact) mass is 267 g/mol. The van der Waals surface area contributed by atoms with Crippen LogP contribution < -0.4 is 5.32 Å². The van der Waals surface area contributed by atoms with Gasteiger partial charge in [0, 0.05) is 13.0 Å². The molecule has 18 heavy (non-hydrogen) atoms. The van der Waals surface area contributed by atoms with Crippen molar-refractivity contribution in [1.29, 1.82) is 0 Å². The highest BCUT2D eigenvalue weighted by Crippen LogP contribution is 2.28. The van der Waals surface area contributed by atoms with Gasteiger partial charge in [-0.05, 0) is 34.7 Å². The van der Waals surface area contributed by atoms with Crippen molar-refractivity contribution in [3.63, 3.8) is 0 Å². The average molecular weight is 267 g/mol. The molecule has 0 spiro atoms. The first-order valence-electron chi connectivity index (χ1n) is 6.72. The number of hydrogen-bond donors (Lipinski definition) is 2. The maximum atomic E-state index is 11.7. The summed E-state index contributed by atoms with van der Waals surface area (Å²) in [4.78, 5) is 11.7. The van der Waals surface area contributed by atoms with E-state index in [-0.39, 0.29) is 5.91 Å². The summed E-state index contributed by atoms with van der Waals surface area (Å²) in [5.41, 5.74) is 0.885. The number of carbonyl (C=O) groups excluding carboxylic acids is 1. The second-order valence-corrected chi connectivity index (χ2v) is 5.85. The molecule has 1 fully saturated rings. The first-order valence-corrected chi connectivity index (χ1v) is 7.67. The van der Waals surface area contributed by atoms with Crippen molar-refractivity contribution in [3.8, 4) is 0 Å². The highest BCUT2D eigenvalue weighted by Gasteiger charge is 2.16. The van der Waals surface area contributed by atoms with Gasteiger partial charge in [0.25, 0.3) is 0 Å². The fraction of sp³-hybridized carbons (Fsp3) is 0.643. The average Bonchev–Trinajstić information content (AvgIpc) is 3.05. The molecule has 1 aliphatic rings. The molecule has 1 unspecified atom stereocenters. The predicted octanol–water partition coefficient (Wildman–Crippen LogP) is 2.87. The second kappa shape index (κ2) is 6.90. The summed E-state index contributed by atoms with van der Waals surface area (Å²) in [5.74, 6) is 0.814. The van der Waals surface area contributed by atoms with Gasteiger partial charge in [-0.3, -0.25) is 4.79 Å². The predicted molar refractivity (Wildman–Crippen MR) is 73.5 cm³/mol. The molecule has 4 heteroatoms. The van der Waals surface area contributed by atoms with Gasteiger partial charge in [0.2, 0.25) is 5.91 Å². The second-order valence-electron chi connectivity index (χ2n) is 5.07. The lowest BCUT2D eigenvalue weighted by atomic mass is 10.0. The van der Waals surface area contributed by atoms with E-state index in [1.807, 2.05) is 16.8 Å². The number of amides is 1. The van der Waals surface area contributed by atoms with Crippen LogP contribution in [0.2, 0.25) is 0 Å². The number of thiophene rings is 1. The maximum Gasteiger partial charge on any atom is 0.220 e. The van der Waals surface area contributed by atoms with Crippen LogP contribution in [0.15, 0.2) is 16.8 Å². The molecule has 1 aromatic rings. The van der Waals surface area contributed by atoms with Gasteiger partial charge in [-0.15, -0.1) is 0 Å². The minimum Gasteiger partial charge on any atom is -0.387 e. The number of nitrogens with one attached hydrogen (secondary N) is 1. The Morgan fingerprint density at radius 2 is 2.28 bits per heavy atom. The van der Waals surface area contributed by atoms with E-state index >= 15 is 0 Å². The number of aliphatic hydroxyl groups excluding tert-OH is 1. The molecular weight excluding hydrogens is 246 g/mol. The van der Waals surface area contributed by atoms with Crippen LogP contribution in [0.4, 0.5) is 0 Å². The van der Waals surface area contributed by atoms with E-state index in [1.165, 1.54) is 25.7 Å². The van der Waals surface area contributed by atoms with E-state index in [0.717, 1.165) is 17.9 Å². The Balaban J connectivity index is 1.62. The van der Waals surface area contributed by atoms with Crippen molar-refractivity contribution < 1.29 is 9.90 Å².